The summed E-state index contributed by atoms with van der Waals surface area (Å²) in [7, 11) is 1.27. The molecule has 0 radical (unpaired) electrons. The quantitative estimate of drug-likeness (QED) is 0.266. The maximum absolute atomic E-state index is 13.1. The Morgan fingerprint density at radius 1 is 1.17 bits per heavy atom. The topological polar surface area (TPSA) is 103 Å². The molecule has 226 valence electrons. The van der Waals surface area contributed by atoms with Crippen molar-refractivity contribution in [2.24, 2.45) is 0 Å². The number of nitrogens with zero attached hydrogens (tertiary/aromatic N) is 3. The number of hydrogen-bond acceptors (Lipinski definition) is 10. The van der Waals surface area contributed by atoms with Crippen LogP contribution in [0.1, 0.15) is 49.0 Å². The Morgan fingerprint density at radius 2 is 1.88 bits per heavy atom. The van der Waals surface area contributed by atoms with E-state index in [0.717, 1.165) is 23.5 Å². The Bertz CT molecular complexity index is 1440. The summed E-state index contributed by atoms with van der Waals surface area (Å²) in [4.78, 5) is 35.1. The summed E-state index contributed by atoms with van der Waals surface area (Å²) in [5.41, 5.74) is -0.0157. The Morgan fingerprint density at radius 3 is 2.52 bits per heavy atom. The summed E-state index contributed by atoms with van der Waals surface area (Å²) < 4.78 is 55.6. The van der Waals surface area contributed by atoms with Gasteiger partial charge in [0.2, 0.25) is 5.95 Å². The summed E-state index contributed by atoms with van der Waals surface area (Å²) in [5.74, 6) is -0.916. The van der Waals surface area contributed by atoms with Crippen LogP contribution in [0.5, 0.6) is 5.75 Å². The third kappa shape index (κ3) is 7.91. The number of anilines is 2. The molecule has 42 heavy (non-hydrogen) atoms. The minimum Gasteiger partial charge on any atom is -0.479 e. The molecule has 14 heteroatoms. The molecular formula is C28H30BrF3N4O5S. The first-order valence-corrected chi connectivity index (χ1v) is 14.6. The van der Waals surface area contributed by atoms with Crippen LogP contribution in [0, 0.1) is 0 Å². The van der Waals surface area contributed by atoms with Crippen LogP contribution >= 0.6 is 27.3 Å². The number of methoxy groups -OCH3 is 1. The SMILES string of the molecule is COC(=O)c1sc(-c2cccc(NC3CCN(c4nccc(C(F)(F)F)n4)CC3)c2)c(Br)c1OCC(=O)OC(C)(C)C. The fourth-order valence-corrected chi connectivity index (χ4v) is 6.28. The molecule has 0 aliphatic carbocycles. The molecule has 0 atom stereocenters. The number of aromatic nitrogens is 2. The smallest absolute Gasteiger partial charge is 0.433 e. The number of carbonyl (C=O) groups excluding carboxylic acids is 2. The number of rotatable bonds is 8. The zero-order valence-electron chi connectivity index (χ0n) is 23.4. The molecule has 1 aromatic carbocycles. The van der Waals surface area contributed by atoms with E-state index < -0.39 is 29.4 Å². The first kappa shape index (κ1) is 31.5. The molecule has 0 saturated carbocycles. The highest BCUT2D eigenvalue weighted by atomic mass is 79.9. The number of ether oxygens (including phenoxy) is 3. The number of esters is 2. The molecule has 1 N–H and O–H groups in total. The third-order valence-electron chi connectivity index (χ3n) is 6.14. The van der Waals surface area contributed by atoms with Crippen molar-refractivity contribution in [1.29, 1.82) is 0 Å². The van der Waals surface area contributed by atoms with E-state index in [1.165, 1.54) is 18.4 Å². The lowest BCUT2D eigenvalue weighted by atomic mass is 10.0. The van der Waals surface area contributed by atoms with E-state index in [0.29, 0.717) is 35.3 Å². The Balaban J connectivity index is 1.46. The van der Waals surface area contributed by atoms with Crippen molar-refractivity contribution < 1.29 is 37.0 Å². The maximum Gasteiger partial charge on any atom is 0.433 e. The van der Waals surface area contributed by atoms with E-state index in [2.05, 4.69) is 31.2 Å². The molecule has 0 spiro atoms. The lowest BCUT2D eigenvalue weighted by Gasteiger charge is -2.33. The van der Waals surface area contributed by atoms with Gasteiger partial charge in [0.05, 0.1) is 16.5 Å². The Hall–Kier alpha value is -3.39. The van der Waals surface area contributed by atoms with Gasteiger partial charge in [-0.15, -0.1) is 11.3 Å². The summed E-state index contributed by atoms with van der Waals surface area (Å²) >= 11 is 4.70. The monoisotopic (exact) mass is 670 g/mol. The summed E-state index contributed by atoms with van der Waals surface area (Å²) in [6.45, 7) is 5.85. The standard InChI is InChI=1S/C28H30BrF3N4O5S/c1-27(2,3)41-20(37)15-40-22-21(29)23(42-24(22)25(38)39-4)16-6-5-7-18(14-16)34-17-9-12-36(13-10-17)26-33-11-8-19(35-26)28(30,31)32/h5-8,11,14,17,34H,9-10,12-13,15H2,1-4H3. The minimum atomic E-state index is -4.53. The number of benzene rings is 1. The number of hydrogen-bond donors (Lipinski definition) is 1. The molecular weight excluding hydrogens is 641 g/mol. The molecule has 0 unspecified atom stereocenters. The van der Waals surface area contributed by atoms with Crippen LogP contribution < -0.4 is 15.0 Å². The number of carbonyl (C=O) groups is 2. The largest absolute Gasteiger partial charge is 0.479 e. The van der Waals surface area contributed by atoms with Gasteiger partial charge in [-0.25, -0.2) is 19.6 Å². The Kier molecular flexibility index (Phi) is 9.66. The predicted octanol–water partition coefficient (Wildman–Crippen LogP) is 6.57. The second-order valence-corrected chi connectivity index (χ2v) is 12.3. The minimum absolute atomic E-state index is 0.0684. The van der Waals surface area contributed by atoms with E-state index in [4.69, 9.17) is 14.2 Å². The van der Waals surface area contributed by atoms with Gasteiger partial charge in [0, 0.05) is 31.0 Å². The van der Waals surface area contributed by atoms with Gasteiger partial charge in [-0.2, -0.15) is 13.2 Å². The van der Waals surface area contributed by atoms with Gasteiger partial charge in [0.25, 0.3) is 0 Å². The first-order valence-electron chi connectivity index (χ1n) is 13.0. The number of nitrogens with one attached hydrogen (secondary N) is 1. The number of thiophene rings is 1. The van der Waals surface area contributed by atoms with Crippen LogP contribution in [-0.2, 0) is 20.4 Å². The van der Waals surface area contributed by atoms with E-state index >= 15 is 0 Å². The molecule has 1 saturated heterocycles. The fourth-order valence-electron chi connectivity index (χ4n) is 4.31. The normalized spacial score (nSPS) is 14.4. The molecule has 1 fully saturated rings. The number of alkyl halides is 3. The van der Waals surface area contributed by atoms with Crippen molar-refractivity contribution in [2.75, 3.05) is 37.0 Å². The van der Waals surface area contributed by atoms with Gasteiger partial charge in [-0.1, -0.05) is 12.1 Å². The van der Waals surface area contributed by atoms with Gasteiger partial charge in [0.15, 0.2) is 17.2 Å². The van der Waals surface area contributed by atoms with Crippen LogP contribution in [0.4, 0.5) is 24.8 Å². The van der Waals surface area contributed by atoms with Crippen LogP contribution in [0.25, 0.3) is 10.4 Å². The predicted molar refractivity (Wildman–Crippen MR) is 156 cm³/mol. The highest BCUT2D eigenvalue weighted by Gasteiger charge is 2.34. The molecule has 3 heterocycles. The zero-order chi connectivity index (χ0) is 30.7. The molecule has 0 bridgehead atoms. The molecule has 1 aliphatic rings. The highest BCUT2D eigenvalue weighted by molar-refractivity contribution is 9.10. The second-order valence-electron chi connectivity index (χ2n) is 10.5. The molecule has 2 aromatic heterocycles. The van der Waals surface area contributed by atoms with E-state index in [9.17, 15) is 22.8 Å². The lowest BCUT2D eigenvalue weighted by molar-refractivity contribution is -0.157. The van der Waals surface area contributed by atoms with Gasteiger partial charge in [0.1, 0.15) is 11.3 Å². The van der Waals surface area contributed by atoms with E-state index in [-0.39, 0.29) is 29.2 Å². The third-order valence-corrected chi connectivity index (χ3v) is 8.36. The zero-order valence-corrected chi connectivity index (χ0v) is 25.8. The molecule has 4 rings (SSSR count). The molecule has 1 aliphatic heterocycles. The van der Waals surface area contributed by atoms with E-state index in [1.807, 2.05) is 24.3 Å². The molecule has 3 aromatic rings. The average Bonchev–Trinajstić information content (AvgIpc) is 3.26. The van der Waals surface area contributed by atoms with Crippen LogP contribution in [0.3, 0.4) is 0 Å². The van der Waals surface area contributed by atoms with Gasteiger partial charge < -0.3 is 24.4 Å². The van der Waals surface area contributed by atoms with E-state index in [1.54, 1.807) is 25.7 Å². The first-order chi connectivity index (χ1) is 19.7. The van der Waals surface area contributed by atoms with Gasteiger partial charge in [-0.3, -0.25) is 0 Å². The van der Waals surface area contributed by atoms with Gasteiger partial charge in [-0.05, 0) is 73.3 Å². The van der Waals surface area contributed by atoms with Crippen molar-refractivity contribution in [1.82, 2.24) is 9.97 Å². The van der Waals surface area contributed by atoms with Crippen molar-refractivity contribution in [3.63, 3.8) is 0 Å². The van der Waals surface area contributed by atoms with Crippen LogP contribution in [0.15, 0.2) is 41.0 Å². The average molecular weight is 672 g/mol. The Labute approximate surface area is 253 Å². The number of piperidine rings is 1. The molecule has 9 nitrogen and oxygen atoms in total. The van der Waals surface area contributed by atoms with Crippen molar-refractivity contribution >= 4 is 50.8 Å². The maximum atomic E-state index is 13.1. The summed E-state index contributed by atoms with van der Waals surface area (Å²) in [6.07, 6.45) is -2.06. The van der Waals surface area contributed by atoms with Crippen LogP contribution in [-0.4, -0.2) is 60.4 Å². The molecule has 0 amide bonds. The van der Waals surface area contributed by atoms with Gasteiger partial charge >= 0.3 is 18.1 Å². The van der Waals surface area contributed by atoms with Crippen molar-refractivity contribution in [2.45, 2.75) is 51.4 Å². The van der Waals surface area contributed by atoms with Crippen LogP contribution in [0.2, 0.25) is 0 Å². The van der Waals surface area contributed by atoms with Crippen molar-refractivity contribution in [3.8, 4) is 16.2 Å². The summed E-state index contributed by atoms with van der Waals surface area (Å²) in [6, 6.07) is 8.53. The highest BCUT2D eigenvalue weighted by Crippen LogP contribution is 2.46. The fraction of sp³-hybridized carbons (Fsp3) is 0.429. The second kappa shape index (κ2) is 12.9. The number of halogens is 4. The lowest BCUT2D eigenvalue weighted by Crippen LogP contribution is -2.40. The summed E-state index contributed by atoms with van der Waals surface area (Å²) in [5, 5.41) is 3.49. The van der Waals surface area contributed by atoms with Crippen molar-refractivity contribution in [3.05, 3.63) is 51.6 Å².